The molecule has 0 aliphatic rings. The summed E-state index contributed by atoms with van der Waals surface area (Å²) in [6.45, 7) is 7.33. The van der Waals surface area contributed by atoms with Crippen LogP contribution in [0.15, 0.2) is 30.3 Å². The van der Waals surface area contributed by atoms with Gasteiger partial charge in [0, 0.05) is 20.3 Å². The van der Waals surface area contributed by atoms with Crippen molar-refractivity contribution in [2.45, 2.75) is 26.2 Å². The molecule has 1 N–H and O–H groups in total. The molecule has 1 aromatic rings. The molecular weight excluding hydrogens is 210 g/mol. The van der Waals surface area contributed by atoms with E-state index in [4.69, 9.17) is 4.74 Å². The van der Waals surface area contributed by atoms with Crippen LogP contribution in [-0.2, 0) is 4.74 Å². The number of nitrogens with one attached hydrogen (secondary N) is 1. The maximum Gasteiger partial charge on any atom is 0.0488 e. The first-order valence-electron chi connectivity index (χ1n) is 6.52. The fourth-order valence-corrected chi connectivity index (χ4v) is 2.22. The third-order valence-corrected chi connectivity index (χ3v) is 3.05. The SMILES string of the molecule is CCNCC(CC(C)COC)c1ccccc1. The molecule has 0 amide bonds. The molecule has 0 aromatic heterocycles. The number of benzene rings is 1. The van der Waals surface area contributed by atoms with E-state index in [1.807, 2.05) is 0 Å². The molecular formula is C15H25NO. The molecule has 0 radical (unpaired) electrons. The zero-order valence-electron chi connectivity index (χ0n) is 11.3. The van der Waals surface area contributed by atoms with Crippen LogP contribution < -0.4 is 5.32 Å². The molecule has 0 saturated heterocycles. The lowest BCUT2D eigenvalue weighted by atomic mass is 9.90. The van der Waals surface area contributed by atoms with Gasteiger partial charge in [0.15, 0.2) is 0 Å². The Morgan fingerprint density at radius 1 is 1.24 bits per heavy atom. The summed E-state index contributed by atoms with van der Waals surface area (Å²) in [5.41, 5.74) is 1.43. The monoisotopic (exact) mass is 235 g/mol. The van der Waals surface area contributed by atoms with E-state index in [0.717, 1.165) is 19.7 Å². The van der Waals surface area contributed by atoms with E-state index in [2.05, 4.69) is 49.5 Å². The Bertz CT molecular complexity index is 286. The quantitative estimate of drug-likeness (QED) is 0.747. The molecule has 0 bridgehead atoms. The van der Waals surface area contributed by atoms with Gasteiger partial charge < -0.3 is 10.1 Å². The molecule has 0 aliphatic heterocycles. The average molecular weight is 235 g/mol. The fraction of sp³-hybridized carbons (Fsp3) is 0.600. The van der Waals surface area contributed by atoms with Crippen molar-refractivity contribution in [1.82, 2.24) is 5.32 Å². The third-order valence-electron chi connectivity index (χ3n) is 3.05. The molecule has 0 fully saturated rings. The van der Waals surface area contributed by atoms with Gasteiger partial charge in [-0.15, -0.1) is 0 Å². The first-order valence-corrected chi connectivity index (χ1v) is 6.52. The van der Waals surface area contributed by atoms with E-state index in [-0.39, 0.29) is 0 Å². The number of methoxy groups -OCH3 is 1. The van der Waals surface area contributed by atoms with E-state index >= 15 is 0 Å². The number of hydrogen-bond donors (Lipinski definition) is 1. The van der Waals surface area contributed by atoms with E-state index in [0.29, 0.717) is 11.8 Å². The summed E-state index contributed by atoms with van der Waals surface area (Å²) in [5, 5.41) is 3.45. The van der Waals surface area contributed by atoms with Crippen LogP contribution in [0.2, 0.25) is 0 Å². The van der Waals surface area contributed by atoms with Crippen molar-refractivity contribution in [2.24, 2.45) is 5.92 Å². The Hall–Kier alpha value is -0.860. The number of rotatable bonds is 8. The minimum absolute atomic E-state index is 0.585. The smallest absolute Gasteiger partial charge is 0.0488 e. The molecule has 17 heavy (non-hydrogen) atoms. The van der Waals surface area contributed by atoms with E-state index < -0.39 is 0 Å². The van der Waals surface area contributed by atoms with Crippen molar-refractivity contribution in [3.05, 3.63) is 35.9 Å². The molecule has 0 spiro atoms. The first kappa shape index (κ1) is 14.2. The number of likely N-dealkylation sites (N-methyl/N-ethyl adjacent to an activating group) is 1. The van der Waals surface area contributed by atoms with Crippen LogP contribution in [0.4, 0.5) is 0 Å². The number of ether oxygens (including phenoxy) is 1. The maximum absolute atomic E-state index is 5.22. The van der Waals surface area contributed by atoms with Crippen LogP contribution >= 0.6 is 0 Å². The highest BCUT2D eigenvalue weighted by atomic mass is 16.5. The molecule has 96 valence electrons. The summed E-state index contributed by atoms with van der Waals surface area (Å²) in [6.07, 6.45) is 1.17. The molecule has 2 atom stereocenters. The van der Waals surface area contributed by atoms with Crippen LogP contribution in [-0.4, -0.2) is 26.8 Å². The van der Waals surface area contributed by atoms with Crippen molar-refractivity contribution < 1.29 is 4.74 Å². The Kier molecular flexibility index (Phi) is 6.90. The van der Waals surface area contributed by atoms with Crippen molar-refractivity contribution in [3.8, 4) is 0 Å². The van der Waals surface area contributed by atoms with E-state index in [1.54, 1.807) is 7.11 Å². The van der Waals surface area contributed by atoms with Crippen LogP contribution in [0.25, 0.3) is 0 Å². The molecule has 1 rings (SSSR count). The zero-order chi connectivity index (χ0) is 12.5. The van der Waals surface area contributed by atoms with Crippen molar-refractivity contribution in [1.29, 1.82) is 0 Å². The number of hydrogen-bond acceptors (Lipinski definition) is 2. The first-order chi connectivity index (χ1) is 8.27. The largest absolute Gasteiger partial charge is 0.384 e. The van der Waals surface area contributed by atoms with Gasteiger partial charge in [-0.2, -0.15) is 0 Å². The van der Waals surface area contributed by atoms with E-state index in [9.17, 15) is 0 Å². The topological polar surface area (TPSA) is 21.3 Å². The van der Waals surface area contributed by atoms with Gasteiger partial charge in [0.25, 0.3) is 0 Å². The fourth-order valence-electron chi connectivity index (χ4n) is 2.22. The average Bonchev–Trinajstić information content (AvgIpc) is 2.36. The van der Waals surface area contributed by atoms with Crippen LogP contribution in [0.1, 0.15) is 31.7 Å². The van der Waals surface area contributed by atoms with Gasteiger partial charge in [0.1, 0.15) is 0 Å². The van der Waals surface area contributed by atoms with Crippen LogP contribution in [0, 0.1) is 5.92 Å². The molecule has 0 saturated carbocycles. The predicted molar refractivity (Wildman–Crippen MR) is 73.4 cm³/mol. The normalized spacial score (nSPS) is 14.5. The maximum atomic E-state index is 5.22. The summed E-state index contributed by atoms with van der Waals surface area (Å²) >= 11 is 0. The highest BCUT2D eigenvalue weighted by Gasteiger charge is 2.14. The Morgan fingerprint density at radius 2 is 1.94 bits per heavy atom. The summed E-state index contributed by atoms with van der Waals surface area (Å²) in [4.78, 5) is 0. The van der Waals surface area contributed by atoms with Gasteiger partial charge in [-0.3, -0.25) is 0 Å². The summed E-state index contributed by atoms with van der Waals surface area (Å²) < 4.78 is 5.22. The predicted octanol–water partition coefficient (Wildman–Crippen LogP) is 3.05. The van der Waals surface area contributed by atoms with E-state index in [1.165, 1.54) is 12.0 Å². The summed E-state index contributed by atoms with van der Waals surface area (Å²) in [6, 6.07) is 10.8. The van der Waals surface area contributed by atoms with Gasteiger partial charge in [0.2, 0.25) is 0 Å². The van der Waals surface area contributed by atoms with Gasteiger partial charge >= 0.3 is 0 Å². The lowest BCUT2D eigenvalue weighted by molar-refractivity contribution is 0.151. The van der Waals surface area contributed by atoms with Crippen LogP contribution in [0.3, 0.4) is 0 Å². The lowest BCUT2D eigenvalue weighted by Crippen LogP contribution is -2.23. The molecule has 2 unspecified atom stereocenters. The highest BCUT2D eigenvalue weighted by molar-refractivity contribution is 5.19. The molecule has 1 aromatic carbocycles. The van der Waals surface area contributed by atoms with Gasteiger partial charge in [-0.1, -0.05) is 44.2 Å². The summed E-state index contributed by atoms with van der Waals surface area (Å²) in [5.74, 6) is 1.19. The van der Waals surface area contributed by atoms with Crippen molar-refractivity contribution in [2.75, 3.05) is 26.8 Å². The van der Waals surface area contributed by atoms with Crippen molar-refractivity contribution >= 4 is 0 Å². The Labute approximate surface area is 105 Å². The minimum atomic E-state index is 0.585. The second-order valence-corrected chi connectivity index (χ2v) is 4.71. The van der Waals surface area contributed by atoms with Crippen molar-refractivity contribution in [3.63, 3.8) is 0 Å². The molecule has 0 heterocycles. The van der Waals surface area contributed by atoms with Gasteiger partial charge in [-0.05, 0) is 30.4 Å². The second-order valence-electron chi connectivity index (χ2n) is 4.71. The standard InChI is InChI=1S/C15H25NO/c1-4-16-11-15(10-13(2)12-17-3)14-8-6-5-7-9-14/h5-9,13,15-16H,4,10-12H2,1-3H3. The lowest BCUT2D eigenvalue weighted by Gasteiger charge is -2.21. The third kappa shape index (κ3) is 5.33. The van der Waals surface area contributed by atoms with Gasteiger partial charge in [-0.25, -0.2) is 0 Å². The summed E-state index contributed by atoms with van der Waals surface area (Å²) in [7, 11) is 1.78. The molecule has 2 heteroatoms. The Balaban J connectivity index is 2.60. The minimum Gasteiger partial charge on any atom is -0.384 e. The molecule has 0 aliphatic carbocycles. The Morgan fingerprint density at radius 3 is 2.53 bits per heavy atom. The van der Waals surface area contributed by atoms with Gasteiger partial charge in [0.05, 0.1) is 0 Å². The highest BCUT2D eigenvalue weighted by Crippen LogP contribution is 2.23. The zero-order valence-corrected chi connectivity index (χ0v) is 11.3. The van der Waals surface area contributed by atoms with Crippen LogP contribution in [0.5, 0.6) is 0 Å². The molecule has 2 nitrogen and oxygen atoms in total. The second kappa shape index (κ2) is 8.26.